The summed E-state index contributed by atoms with van der Waals surface area (Å²) >= 11 is 3.42. The molecule has 1 unspecified atom stereocenters. The SMILES string of the molecule is COCCN(CC(=O)N1CCCCC1c1nc(-c2ccc(Br)cc2)no1)C(=O)C(C)(C)C. The van der Waals surface area contributed by atoms with Crippen molar-refractivity contribution in [2.75, 3.05) is 33.4 Å². The van der Waals surface area contributed by atoms with Crippen molar-refractivity contribution in [3.8, 4) is 11.4 Å². The number of aromatic nitrogens is 2. The molecule has 2 amide bonds. The Morgan fingerprint density at radius 1 is 1.25 bits per heavy atom. The van der Waals surface area contributed by atoms with E-state index in [1.54, 1.807) is 16.9 Å². The van der Waals surface area contributed by atoms with Crippen LogP contribution in [0.2, 0.25) is 0 Å². The smallest absolute Gasteiger partial charge is 0.249 e. The predicted octanol–water partition coefficient (Wildman–Crippen LogP) is 4.07. The average molecular weight is 507 g/mol. The standard InChI is InChI=1S/C23H31BrN4O4/c1-23(2,3)22(30)27(13-14-31-4)15-19(29)28-12-6-5-7-18(28)21-25-20(26-32-21)16-8-10-17(24)11-9-16/h8-11,18H,5-7,12-15H2,1-4H3. The van der Waals surface area contributed by atoms with Crippen LogP contribution in [0.1, 0.15) is 52.0 Å². The van der Waals surface area contributed by atoms with Crippen molar-refractivity contribution in [2.24, 2.45) is 5.41 Å². The van der Waals surface area contributed by atoms with E-state index in [0.717, 1.165) is 29.3 Å². The lowest BCUT2D eigenvalue weighted by Gasteiger charge is -2.36. The molecule has 0 bridgehead atoms. The van der Waals surface area contributed by atoms with Crippen LogP contribution < -0.4 is 0 Å². The van der Waals surface area contributed by atoms with Crippen LogP contribution in [-0.4, -0.2) is 65.1 Å². The molecule has 3 rings (SSSR count). The summed E-state index contributed by atoms with van der Waals surface area (Å²) in [5.74, 6) is 0.732. The molecule has 32 heavy (non-hydrogen) atoms. The lowest BCUT2D eigenvalue weighted by atomic mass is 9.94. The third kappa shape index (κ3) is 5.95. The number of halogens is 1. The molecule has 0 aliphatic carbocycles. The molecule has 1 aromatic heterocycles. The van der Waals surface area contributed by atoms with Crippen LogP contribution in [0.4, 0.5) is 0 Å². The molecule has 1 fully saturated rings. The van der Waals surface area contributed by atoms with Gasteiger partial charge in [0, 0.05) is 35.7 Å². The Labute approximate surface area is 197 Å². The maximum absolute atomic E-state index is 13.3. The fourth-order valence-corrected chi connectivity index (χ4v) is 4.02. The molecule has 0 saturated carbocycles. The Morgan fingerprint density at radius 2 is 1.97 bits per heavy atom. The highest BCUT2D eigenvalue weighted by atomic mass is 79.9. The molecule has 1 aliphatic heterocycles. The minimum atomic E-state index is -0.582. The molecule has 2 aromatic rings. The number of hydrogen-bond acceptors (Lipinski definition) is 6. The summed E-state index contributed by atoms with van der Waals surface area (Å²) in [5.41, 5.74) is 0.264. The Hall–Kier alpha value is -2.26. The van der Waals surface area contributed by atoms with E-state index in [9.17, 15) is 9.59 Å². The van der Waals surface area contributed by atoms with Crippen molar-refractivity contribution < 1.29 is 18.8 Å². The molecule has 9 heteroatoms. The molecule has 0 radical (unpaired) electrons. The number of piperidine rings is 1. The van der Waals surface area contributed by atoms with Crippen LogP contribution >= 0.6 is 15.9 Å². The number of benzene rings is 1. The van der Waals surface area contributed by atoms with Crippen molar-refractivity contribution in [1.82, 2.24) is 19.9 Å². The van der Waals surface area contributed by atoms with Gasteiger partial charge >= 0.3 is 0 Å². The number of carbonyl (C=O) groups excluding carboxylic acids is 2. The molecule has 1 atom stereocenters. The van der Waals surface area contributed by atoms with E-state index in [0.29, 0.717) is 31.4 Å². The number of amides is 2. The van der Waals surface area contributed by atoms with Gasteiger partial charge in [-0.15, -0.1) is 0 Å². The van der Waals surface area contributed by atoms with E-state index in [1.807, 2.05) is 45.0 Å². The number of likely N-dealkylation sites (tertiary alicyclic amines) is 1. The number of methoxy groups -OCH3 is 1. The maximum Gasteiger partial charge on any atom is 0.249 e. The zero-order valence-corrected chi connectivity index (χ0v) is 20.7. The lowest BCUT2D eigenvalue weighted by molar-refractivity contribution is -0.148. The van der Waals surface area contributed by atoms with Crippen LogP contribution in [-0.2, 0) is 14.3 Å². The van der Waals surface area contributed by atoms with Gasteiger partial charge in [0.2, 0.25) is 23.5 Å². The largest absolute Gasteiger partial charge is 0.383 e. The molecule has 0 spiro atoms. The Kier molecular flexibility index (Phi) is 8.05. The highest BCUT2D eigenvalue weighted by Gasteiger charge is 2.35. The van der Waals surface area contributed by atoms with Crippen LogP contribution in [0.5, 0.6) is 0 Å². The molecule has 8 nitrogen and oxygen atoms in total. The van der Waals surface area contributed by atoms with Gasteiger partial charge in [-0.05, 0) is 43.5 Å². The molecule has 1 saturated heterocycles. The number of nitrogens with zero attached hydrogens (tertiary/aromatic N) is 4. The quantitative estimate of drug-likeness (QED) is 0.562. The average Bonchev–Trinajstić information content (AvgIpc) is 3.26. The summed E-state index contributed by atoms with van der Waals surface area (Å²) in [6.07, 6.45) is 2.62. The second kappa shape index (κ2) is 10.6. The lowest BCUT2D eigenvalue weighted by Crippen LogP contribution is -2.49. The van der Waals surface area contributed by atoms with Gasteiger partial charge in [-0.3, -0.25) is 9.59 Å². The first-order chi connectivity index (χ1) is 15.2. The van der Waals surface area contributed by atoms with Crippen LogP contribution in [0.3, 0.4) is 0 Å². The van der Waals surface area contributed by atoms with Crippen molar-refractivity contribution in [3.05, 3.63) is 34.6 Å². The van der Waals surface area contributed by atoms with Gasteiger partial charge < -0.3 is 19.1 Å². The zero-order valence-electron chi connectivity index (χ0n) is 19.1. The molecule has 1 aromatic carbocycles. The number of carbonyl (C=O) groups is 2. The molecular weight excluding hydrogens is 476 g/mol. The van der Waals surface area contributed by atoms with Crippen LogP contribution in [0.25, 0.3) is 11.4 Å². The number of hydrogen-bond donors (Lipinski definition) is 0. The first-order valence-electron chi connectivity index (χ1n) is 10.9. The van der Waals surface area contributed by atoms with Gasteiger partial charge in [-0.1, -0.05) is 41.9 Å². The van der Waals surface area contributed by atoms with E-state index >= 15 is 0 Å². The third-order valence-corrected chi connectivity index (χ3v) is 6.00. The van der Waals surface area contributed by atoms with Crippen LogP contribution in [0.15, 0.2) is 33.3 Å². The first-order valence-corrected chi connectivity index (χ1v) is 11.7. The summed E-state index contributed by atoms with van der Waals surface area (Å²) in [6.45, 7) is 6.90. The topological polar surface area (TPSA) is 88.8 Å². The van der Waals surface area contributed by atoms with Gasteiger partial charge in [0.1, 0.15) is 6.04 Å². The van der Waals surface area contributed by atoms with E-state index in [4.69, 9.17) is 9.26 Å². The molecule has 2 heterocycles. The second-order valence-corrected chi connectivity index (χ2v) is 9.95. The van der Waals surface area contributed by atoms with Crippen LogP contribution in [0, 0.1) is 5.41 Å². The summed E-state index contributed by atoms with van der Waals surface area (Å²) < 4.78 is 11.7. The van der Waals surface area contributed by atoms with E-state index < -0.39 is 5.41 Å². The fraction of sp³-hybridized carbons (Fsp3) is 0.565. The van der Waals surface area contributed by atoms with Gasteiger partial charge in [0.25, 0.3) is 0 Å². The monoisotopic (exact) mass is 506 g/mol. The van der Waals surface area contributed by atoms with E-state index in [-0.39, 0.29) is 24.4 Å². The Bertz CT molecular complexity index is 923. The van der Waals surface area contributed by atoms with E-state index in [1.165, 1.54) is 0 Å². The molecule has 174 valence electrons. The summed E-state index contributed by atoms with van der Waals surface area (Å²) in [4.78, 5) is 34.1. The number of rotatable bonds is 7. The Morgan fingerprint density at radius 3 is 2.62 bits per heavy atom. The summed E-state index contributed by atoms with van der Waals surface area (Å²) in [7, 11) is 1.58. The second-order valence-electron chi connectivity index (χ2n) is 9.03. The van der Waals surface area contributed by atoms with Crippen molar-refractivity contribution >= 4 is 27.7 Å². The molecular formula is C23H31BrN4O4. The van der Waals surface area contributed by atoms with Gasteiger partial charge in [0.05, 0.1) is 13.2 Å². The maximum atomic E-state index is 13.3. The number of ether oxygens (including phenoxy) is 1. The molecule has 1 aliphatic rings. The van der Waals surface area contributed by atoms with Gasteiger partial charge in [-0.25, -0.2) is 0 Å². The van der Waals surface area contributed by atoms with E-state index in [2.05, 4.69) is 26.1 Å². The normalized spacial score (nSPS) is 16.8. The predicted molar refractivity (Wildman–Crippen MR) is 124 cm³/mol. The van der Waals surface area contributed by atoms with Crippen molar-refractivity contribution in [2.45, 2.75) is 46.1 Å². The third-order valence-electron chi connectivity index (χ3n) is 5.47. The molecule has 0 N–H and O–H groups in total. The minimum Gasteiger partial charge on any atom is -0.383 e. The summed E-state index contributed by atoms with van der Waals surface area (Å²) in [6, 6.07) is 7.37. The zero-order chi connectivity index (χ0) is 23.3. The Balaban J connectivity index is 1.77. The van der Waals surface area contributed by atoms with Crippen molar-refractivity contribution in [1.29, 1.82) is 0 Å². The summed E-state index contributed by atoms with van der Waals surface area (Å²) in [5, 5.41) is 4.13. The highest BCUT2D eigenvalue weighted by molar-refractivity contribution is 9.10. The van der Waals surface area contributed by atoms with Gasteiger partial charge in [-0.2, -0.15) is 4.98 Å². The highest BCUT2D eigenvalue weighted by Crippen LogP contribution is 2.31. The fourth-order valence-electron chi connectivity index (χ4n) is 3.76. The minimum absolute atomic E-state index is 0.00364. The first kappa shape index (κ1) is 24.4. The van der Waals surface area contributed by atoms with Crippen molar-refractivity contribution in [3.63, 3.8) is 0 Å². The van der Waals surface area contributed by atoms with Gasteiger partial charge in [0.15, 0.2) is 0 Å².